The maximum Gasteiger partial charge on any atom is 0.0434 e. The Morgan fingerprint density at radius 2 is 2.00 bits per heavy atom. The van der Waals surface area contributed by atoms with Crippen molar-refractivity contribution < 1.29 is 5.11 Å². The highest BCUT2D eigenvalue weighted by Gasteiger charge is 2.28. The third-order valence-electron chi connectivity index (χ3n) is 4.13. The zero-order valence-corrected chi connectivity index (χ0v) is 12.7. The Balaban J connectivity index is 2.50. The van der Waals surface area contributed by atoms with E-state index in [2.05, 4.69) is 37.9 Å². The quantitative estimate of drug-likeness (QED) is 0.732. The molecule has 0 aromatic heterocycles. The molecule has 1 aliphatic rings. The molecule has 1 heterocycles. The molecule has 0 radical (unpaired) electrons. The van der Waals surface area contributed by atoms with Crippen LogP contribution in [0.5, 0.6) is 0 Å². The van der Waals surface area contributed by atoms with Crippen molar-refractivity contribution in [1.29, 1.82) is 0 Å². The molecule has 0 bridgehead atoms. The third kappa shape index (κ3) is 5.25. The fourth-order valence-electron chi connectivity index (χ4n) is 2.80. The van der Waals surface area contributed by atoms with Crippen LogP contribution in [0, 0.1) is 11.8 Å². The zero-order valence-electron chi connectivity index (χ0n) is 12.7. The average molecular weight is 256 g/mol. The monoisotopic (exact) mass is 256 g/mol. The van der Waals surface area contributed by atoms with Crippen LogP contribution < -0.4 is 5.32 Å². The van der Waals surface area contributed by atoms with E-state index in [0.717, 1.165) is 19.5 Å². The molecule has 1 rings (SSSR count). The van der Waals surface area contributed by atoms with Crippen molar-refractivity contribution in [3.05, 3.63) is 0 Å². The van der Waals surface area contributed by atoms with Gasteiger partial charge in [0.1, 0.15) is 0 Å². The molecule has 3 unspecified atom stereocenters. The first-order valence-corrected chi connectivity index (χ1v) is 7.65. The second-order valence-electron chi connectivity index (χ2n) is 6.32. The van der Waals surface area contributed by atoms with Crippen molar-refractivity contribution in [3.63, 3.8) is 0 Å². The van der Waals surface area contributed by atoms with Crippen LogP contribution in [0.4, 0.5) is 0 Å². The Kier molecular flexibility index (Phi) is 7.20. The number of hydrogen-bond donors (Lipinski definition) is 2. The molecular formula is C15H32N2O. The summed E-state index contributed by atoms with van der Waals surface area (Å²) in [6, 6.07) is 1.27. The van der Waals surface area contributed by atoms with Gasteiger partial charge in [-0.05, 0) is 44.6 Å². The number of aliphatic hydroxyl groups excluding tert-OH is 1. The fourth-order valence-corrected chi connectivity index (χ4v) is 2.80. The van der Waals surface area contributed by atoms with Gasteiger partial charge in [-0.1, -0.05) is 20.8 Å². The minimum Gasteiger partial charge on any atom is -0.396 e. The number of aliphatic hydroxyl groups is 1. The summed E-state index contributed by atoms with van der Waals surface area (Å²) in [7, 11) is 0. The molecule has 0 aromatic rings. The van der Waals surface area contributed by atoms with E-state index in [1.807, 2.05) is 0 Å². The minimum absolute atomic E-state index is 0.329. The molecular weight excluding hydrogens is 224 g/mol. The molecule has 1 saturated heterocycles. The van der Waals surface area contributed by atoms with Crippen molar-refractivity contribution in [2.24, 2.45) is 11.8 Å². The molecule has 3 nitrogen and oxygen atoms in total. The lowest BCUT2D eigenvalue weighted by molar-refractivity contribution is 0.0880. The second kappa shape index (κ2) is 8.13. The molecule has 2 N–H and O–H groups in total. The SMILES string of the molecule is CCC(C)N1CC(CCO)CC(NCC(C)C)C1. The van der Waals surface area contributed by atoms with Gasteiger partial charge < -0.3 is 10.4 Å². The predicted octanol–water partition coefficient (Wildman–Crippen LogP) is 2.10. The highest BCUT2D eigenvalue weighted by atomic mass is 16.3. The molecule has 1 fully saturated rings. The molecule has 0 saturated carbocycles. The lowest BCUT2D eigenvalue weighted by Gasteiger charge is -2.41. The van der Waals surface area contributed by atoms with Gasteiger partial charge in [-0.15, -0.1) is 0 Å². The average Bonchev–Trinajstić information content (AvgIpc) is 2.35. The molecule has 3 heteroatoms. The van der Waals surface area contributed by atoms with Crippen LogP contribution in [0.2, 0.25) is 0 Å². The summed E-state index contributed by atoms with van der Waals surface area (Å²) in [5.41, 5.74) is 0. The standard InChI is InChI=1S/C15H32N2O/c1-5-13(4)17-10-14(6-7-18)8-15(11-17)16-9-12(2)3/h12-16,18H,5-11H2,1-4H3. The van der Waals surface area contributed by atoms with Gasteiger partial charge in [0.05, 0.1) is 0 Å². The lowest BCUT2D eigenvalue weighted by atomic mass is 9.90. The van der Waals surface area contributed by atoms with E-state index < -0.39 is 0 Å². The topological polar surface area (TPSA) is 35.5 Å². The highest BCUT2D eigenvalue weighted by molar-refractivity contribution is 4.85. The number of nitrogens with zero attached hydrogens (tertiary/aromatic N) is 1. The molecule has 18 heavy (non-hydrogen) atoms. The predicted molar refractivity (Wildman–Crippen MR) is 77.8 cm³/mol. The largest absolute Gasteiger partial charge is 0.396 e. The van der Waals surface area contributed by atoms with Crippen LogP contribution in [0.15, 0.2) is 0 Å². The van der Waals surface area contributed by atoms with E-state index in [1.165, 1.54) is 19.4 Å². The summed E-state index contributed by atoms with van der Waals surface area (Å²) < 4.78 is 0. The van der Waals surface area contributed by atoms with Crippen molar-refractivity contribution >= 4 is 0 Å². The fraction of sp³-hybridized carbons (Fsp3) is 1.00. The van der Waals surface area contributed by atoms with Gasteiger partial charge in [-0.25, -0.2) is 0 Å². The highest BCUT2D eigenvalue weighted by Crippen LogP contribution is 2.22. The van der Waals surface area contributed by atoms with Gasteiger partial charge in [-0.2, -0.15) is 0 Å². The van der Waals surface area contributed by atoms with E-state index in [1.54, 1.807) is 0 Å². The first kappa shape index (κ1) is 15.9. The maximum absolute atomic E-state index is 9.17. The molecule has 0 spiro atoms. The van der Waals surface area contributed by atoms with Crippen LogP contribution in [0.25, 0.3) is 0 Å². The number of likely N-dealkylation sites (tertiary alicyclic amines) is 1. The number of hydrogen-bond acceptors (Lipinski definition) is 3. The van der Waals surface area contributed by atoms with Gasteiger partial charge in [0.2, 0.25) is 0 Å². The Morgan fingerprint density at radius 3 is 2.56 bits per heavy atom. The van der Waals surface area contributed by atoms with Gasteiger partial charge in [0, 0.05) is 31.8 Å². The van der Waals surface area contributed by atoms with E-state index in [-0.39, 0.29) is 0 Å². The first-order valence-electron chi connectivity index (χ1n) is 7.65. The summed E-state index contributed by atoms with van der Waals surface area (Å²) in [5.74, 6) is 1.36. The first-order chi connectivity index (χ1) is 8.56. The summed E-state index contributed by atoms with van der Waals surface area (Å²) in [6.07, 6.45) is 3.38. The number of rotatable bonds is 7. The van der Waals surface area contributed by atoms with Crippen LogP contribution in [0.3, 0.4) is 0 Å². The molecule has 0 amide bonds. The van der Waals surface area contributed by atoms with E-state index in [9.17, 15) is 0 Å². The van der Waals surface area contributed by atoms with E-state index in [0.29, 0.717) is 30.5 Å². The third-order valence-corrected chi connectivity index (χ3v) is 4.13. The molecule has 3 atom stereocenters. The minimum atomic E-state index is 0.329. The molecule has 0 aliphatic carbocycles. The smallest absolute Gasteiger partial charge is 0.0434 e. The van der Waals surface area contributed by atoms with Gasteiger partial charge in [0.25, 0.3) is 0 Å². The second-order valence-corrected chi connectivity index (χ2v) is 6.32. The summed E-state index contributed by atoms with van der Waals surface area (Å²) >= 11 is 0. The lowest BCUT2D eigenvalue weighted by Crippen LogP contribution is -2.52. The Bertz CT molecular complexity index is 221. The van der Waals surface area contributed by atoms with Crippen LogP contribution in [-0.4, -0.2) is 48.3 Å². The number of nitrogens with one attached hydrogen (secondary N) is 1. The van der Waals surface area contributed by atoms with Gasteiger partial charge in [0.15, 0.2) is 0 Å². The zero-order chi connectivity index (χ0) is 13.5. The van der Waals surface area contributed by atoms with Crippen molar-refractivity contribution in [3.8, 4) is 0 Å². The van der Waals surface area contributed by atoms with Gasteiger partial charge in [-0.3, -0.25) is 4.90 Å². The summed E-state index contributed by atoms with van der Waals surface area (Å²) in [6.45, 7) is 12.9. The van der Waals surface area contributed by atoms with Crippen molar-refractivity contribution in [2.75, 3.05) is 26.2 Å². The summed E-state index contributed by atoms with van der Waals surface area (Å²) in [5, 5.41) is 12.9. The van der Waals surface area contributed by atoms with Crippen LogP contribution in [-0.2, 0) is 0 Å². The Hall–Kier alpha value is -0.120. The van der Waals surface area contributed by atoms with Gasteiger partial charge >= 0.3 is 0 Å². The van der Waals surface area contributed by atoms with Crippen molar-refractivity contribution in [2.45, 2.75) is 59.0 Å². The molecule has 108 valence electrons. The Labute approximate surface area is 113 Å². The maximum atomic E-state index is 9.17. The molecule has 1 aliphatic heterocycles. The van der Waals surface area contributed by atoms with E-state index in [4.69, 9.17) is 5.11 Å². The van der Waals surface area contributed by atoms with Crippen LogP contribution >= 0.6 is 0 Å². The van der Waals surface area contributed by atoms with Crippen LogP contribution in [0.1, 0.15) is 47.0 Å². The Morgan fingerprint density at radius 1 is 1.28 bits per heavy atom. The molecule has 0 aromatic carbocycles. The normalized spacial score (nSPS) is 27.7. The number of piperidine rings is 1. The van der Waals surface area contributed by atoms with Crippen molar-refractivity contribution in [1.82, 2.24) is 10.2 Å². The summed E-state index contributed by atoms with van der Waals surface area (Å²) in [4.78, 5) is 2.60. The van der Waals surface area contributed by atoms with E-state index >= 15 is 0 Å².